The average Bonchev–Trinajstić information content (AvgIpc) is 1.19. The van der Waals surface area contributed by atoms with Gasteiger partial charge in [0.1, 0.15) is 183 Å². The molecule has 506 valence electrons. The van der Waals surface area contributed by atoms with E-state index in [0.29, 0.717) is 0 Å². The third kappa shape index (κ3) is 14.0. The Kier molecular flexibility index (Phi) is 23.6. The van der Waals surface area contributed by atoms with Crippen LogP contribution in [0.4, 0.5) is 0 Å². The fourth-order valence-corrected chi connectivity index (χ4v) is 12.1. The molecule has 22 aliphatic rings. The van der Waals surface area contributed by atoms with Crippen molar-refractivity contribution in [3.8, 4) is 0 Å². The van der Waals surface area contributed by atoms with Crippen molar-refractivity contribution in [2.75, 3.05) is 59.3 Å². The Hall–Kier alpha value is -1.56. The zero-order valence-electron chi connectivity index (χ0n) is 45.8. The maximum absolute atomic E-state index is 11.9. The summed E-state index contributed by atoms with van der Waals surface area (Å²) >= 11 is 0. The van der Waals surface area contributed by atoms with Crippen molar-refractivity contribution in [2.45, 2.75) is 239 Å². The molecule has 0 unspecified atom stereocenters. The van der Waals surface area contributed by atoms with Crippen LogP contribution in [-0.2, 0) is 66.3 Å². The summed E-state index contributed by atoms with van der Waals surface area (Å²) in [6, 6.07) is 0. The molecule has 0 amide bonds. The summed E-state index contributed by atoms with van der Waals surface area (Å²) in [7, 11) is 0. The average molecular weight is 1280 g/mol. The van der Waals surface area contributed by atoms with E-state index in [0.717, 1.165) is 0 Å². The van der Waals surface area contributed by atoms with Crippen LogP contribution in [0.15, 0.2) is 0 Å². The first-order chi connectivity index (χ1) is 41.3. The maximum Gasteiger partial charge on any atom is 0.187 e. The van der Waals surface area contributed by atoms with Crippen molar-refractivity contribution >= 4 is 0 Å². The Bertz CT molecular complexity index is 2110. The Balaban J connectivity index is 1.03. The van der Waals surface area contributed by atoms with Crippen molar-refractivity contribution in [1.29, 1.82) is 0 Å². The summed E-state index contributed by atoms with van der Waals surface area (Å²) in [4.78, 5) is 1.19. The van der Waals surface area contributed by atoms with Crippen LogP contribution in [-0.4, -0.2) is 426 Å². The third-order valence-electron chi connectivity index (χ3n) is 17.1. The lowest BCUT2D eigenvalue weighted by Gasteiger charge is -2.50. The van der Waals surface area contributed by atoms with Gasteiger partial charge < -0.3 is 189 Å². The van der Waals surface area contributed by atoms with E-state index in [1.165, 1.54) is 4.90 Å². The van der Waals surface area contributed by atoms with Gasteiger partial charge >= 0.3 is 0 Å². The fraction of sp³-hybridized carbons (Fsp3) is 1.00. The Morgan fingerprint density at radius 1 is 0.207 bits per heavy atom. The van der Waals surface area contributed by atoms with Crippen LogP contribution in [0.1, 0.15) is 0 Å². The van der Waals surface area contributed by atoms with Crippen LogP contribution in [0.5, 0.6) is 0 Å². The van der Waals surface area contributed by atoms with Crippen LogP contribution in [0, 0.1) is 0 Å². The van der Waals surface area contributed by atoms with Gasteiger partial charge in [-0.15, -0.1) is 0 Å². The van der Waals surface area contributed by atoms with Crippen molar-refractivity contribution in [2.24, 2.45) is 0 Å². The van der Waals surface area contributed by atoms with Gasteiger partial charge in [0.25, 0.3) is 0 Å². The van der Waals surface area contributed by atoms with Crippen molar-refractivity contribution < 1.29 is 189 Å². The van der Waals surface area contributed by atoms with Gasteiger partial charge in [0.15, 0.2) is 44.0 Å². The quantitative estimate of drug-likeness (QED) is 0.107. The molecule has 22 rings (SSSR count). The maximum atomic E-state index is 11.9. The molecule has 22 aliphatic heterocycles. The van der Waals surface area contributed by atoms with Gasteiger partial charge in [-0.2, -0.15) is 0 Å². The highest BCUT2D eigenvalue weighted by atomic mass is 16.8. The first kappa shape index (κ1) is 69.8. The largest absolute Gasteiger partial charge is 0.394 e. The first-order valence-corrected chi connectivity index (χ1v) is 28.1. The minimum Gasteiger partial charge on any atom is -0.394 e. The number of aliphatic hydroxyl groups is 24. The van der Waals surface area contributed by atoms with E-state index in [1.54, 1.807) is 0 Å². The smallest absolute Gasteiger partial charge is 0.187 e. The summed E-state index contributed by atoms with van der Waals surface area (Å²) in [6.07, 6.45) is -79.6. The number of rotatable bonds is 8. The van der Waals surface area contributed by atoms with E-state index in [9.17, 15) is 123 Å². The predicted octanol–water partition coefficient (Wildman–Crippen LogP) is -17.5. The molecule has 0 aromatic heterocycles. The molecule has 0 aromatic carbocycles. The van der Waals surface area contributed by atoms with Gasteiger partial charge in [0.2, 0.25) is 0 Å². The van der Waals surface area contributed by atoms with E-state index in [-0.39, 0.29) is 0 Å². The molecule has 24 N–H and O–H groups in total. The number of likely N-dealkylation sites (tertiary alicyclic amines) is 1. The predicted molar refractivity (Wildman–Crippen MR) is 262 cm³/mol. The molecule has 39 heteroatoms. The standard InChI is InChI=1S/C48H81NO38/c50-4-13-36-23(62)30(69)44(76-13)84-38-15(6-52)78-46(32(71)25(38)64)86-40-17(8-54)80-48(34(73)27(40)66)87-41-18(9-55)79-47(33(72)26(41)65)85-39-16(7-53)77-45(31(70)24(39)63)83-37-14(5-51)75-43(29(68)22(37)61)81-35-12(74-42(82-36)28(67)21(35)60)3-49-1-10(56)19(58)20(59)11(57)2-49/h10-48,50-73H,1-9H2/t10-,11+,12-,13-,14-,15-,16-,17-,18-,19+,20-,21-,22-,23-,24-,25-,26-,27-,28-,29-,30-,31-,32-,33-,34-,35-,36-,37-,38-,39-,40-,41-,42-,43-,44-,45-,46-,47-,48-/m1/s1. The van der Waals surface area contributed by atoms with Gasteiger partial charge in [-0.05, 0) is 0 Å². The van der Waals surface area contributed by atoms with Gasteiger partial charge in [-0.3, -0.25) is 4.90 Å². The molecule has 0 aliphatic carbocycles. The van der Waals surface area contributed by atoms with E-state index in [1.807, 2.05) is 0 Å². The van der Waals surface area contributed by atoms with Crippen LogP contribution in [0.25, 0.3) is 0 Å². The minimum absolute atomic E-state index is 0.530. The zero-order chi connectivity index (χ0) is 63.4. The zero-order valence-corrected chi connectivity index (χ0v) is 45.8. The third-order valence-corrected chi connectivity index (χ3v) is 17.1. The summed E-state index contributed by atoms with van der Waals surface area (Å²) < 4.78 is 81.0. The van der Waals surface area contributed by atoms with Crippen molar-refractivity contribution in [1.82, 2.24) is 4.90 Å². The fourth-order valence-electron chi connectivity index (χ4n) is 12.1. The molecule has 0 spiro atoms. The molecular formula is C48H81NO38. The number of nitrogens with zero attached hydrogens (tertiary/aromatic N) is 1. The lowest BCUT2D eigenvalue weighted by atomic mass is 9.95. The van der Waals surface area contributed by atoms with E-state index in [4.69, 9.17) is 66.3 Å². The highest BCUT2D eigenvalue weighted by Gasteiger charge is 2.60. The Labute approximate surface area is 491 Å². The molecule has 14 bridgehead atoms. The Morgan fingerprint density at radius 3 is 0.540 bits per heavy atom. The molecule has 22 saturated heterocycles. The van der Waals surface area contributed by atoms with Gasteiger partial charge in [-0.1, -0.05) is 0 Å². The monoisotopic (exact) mass is 1280 g/mol. The molecule has 39 atom stereocenters. The summed E-state index contributed by atoms with van der Waals surface area (Å²) in [5.41, 5.74) is 0. The summed E-state index contributed by atoms with van der Waals surface area (Å²) in [5.74, 6) is 0. The molecule has 22 heterocycles. The Morgan fingerprint density at radius 2 is 0.368 bits per heavy atom. The van der Waals surface area contributed by atoms with Crippen LogP contribution >= 0.6 is 0 Å². The minimum atomic E-state index is -2.31. The molecule has 87 heavy (non-hydrogen) atoms. The molecule has 39 nitrogen and oxygen atoms in total. The molecule has 0 saturated carbocycles. The van der Waals surface area contributed by atoms with Gasteiger partial charge in [0, 0.05) is 19.6 Å². The molecule has 22 fully saturated rings. The van der Waals surface area contributed by atoms with Crippen LogP contribution < -0.4 is 0 Å². The number of ether oxygens (including phenoxy) is 14. The van der Waals surface area contributed by atoms with Crippen LogP contribution in [0.3, 0.4) is 0 Å². The second-order valence-electron chi connectivity index (χ2n) is 22.8. The van der Waals surface area contributed by atoms with Gasteiger partial charge in [0.05, 0.1) is 51.8 Å². The molecule has 0 aromatic rings. The van der Waals surface area contributed by atoms with E-state index >= 15 is 0 Å². The highest BCUT2D eigenvalue weighted by Crippen LogP contribution is 2.39. The molecular weight excluding hydrogens is 1200 g/mol. The molecule has 0 radical (unpaired) electrons. The van der Waals surface area contributed by atoms with Gasteiger partial charge in [-0.25, -0.2) is 0 Å². The summed E-state index contributed by atoms with van der Waals surface area (Å²) in [5, 5.41) is 266. The normalized spacial score (nSPS) is 55.2. The second kappa shape index (κ2) is 29.4. The second-order valence-corrected chi connectivity index (χ2v) is 22.8. The lowest BCUT2D eigenvalue weighted by Crippen LogP contribution is -2.68. The lowest BCUT2D eigenvalue weighted by molar-refractivity contribution is -0.396. The van der Waals surface area contributed by atoms with Crippen molar-refractivity contribution in [3.05, 3.63) is 0 Å². The highest BCUT2D eigenvalue weighted by molar-refractivity contribution is 5.03. The summed E-state index contributed by atoms with van der Waals surface area (Å²) in [6.45, 7) is -8.20. The topological polar surface area (TPSA) is 618 Å². The SMILES string of the molecule is OC[C@H]1O[C@@H]2O[C@H]3[C@H](O)[C@@H](O)[C@@H](O[C@H]4[C@H](O)[C@@H](O)[C@@H](O[C@H]5[C@H](O)[C@@H](O)[C@@H](O[C@H]6[C@H](O)[C@@H](O)[C@@H](O[C@H]7[C@H](O)[C@@H](O)[C@@H](O[C@H]8[C@H](O)[C@@H](O)[C@@H](O[C@H]1[C@H](O)[C@H]2O)O[C@@H]8CO)O[C@@H]7CO)O[C@@H]6CO)O[C@@H]5CN1C[C@@H](O)[C@H](O)[C@H](O)[C@@H](O)C1)O[C@@H]4CO)O[C@@H]3CO. The van der Waals surface area contributed by atoms with Crippen LogP contribution in [0.2, 0.25) is 0 Å². The van der Waals surface area contributed by atoms with E-state index < -0.39 is 299 Å². The number of hydrogen-bond acceptors (Lipinski definition) is 39. The van der Waals surface area contributed by atoms with E-state index in [2.05, 4.69) is 0 Å². The van der Waals surface area contributed by atoms with Crippen molar-refractivity contribution in [3.63, 3.8) is 0 Å². The number of hydrogen-bond donors (Lipinski definition) is 24. The first-order valence-electron chi connectivity index (χ1n) is 28.1. The number of β-amino-alcohol motifs (C(OH)–C–C–N with tert-alkyl or cyclic N) is 2. The number of aliphatic hydroxyl groups excluding tert-OH is 24.